The second kappa shape index (κ2) is 2.17. The molecule has 0 saturated carbocycles. The third kappa shape index (κ3) is 5.49. The van der Waals surface area contributed by atoms with Crippen molar-refractivity contribution in [3.05, 3.63) is 0 Å². The molecular formula is C4H12N2OSi. The highest BCUT2D eigenvalue weighted by atomic mass is 28.4. The highest BCUT2D eigenvalue weighted by molar-refractivity contribution is 6.71. The summed E-state index contributed by atoms with van der Waals surface area (Å²) in [6, 6.07) is -0.163. The molecule has 0 bridgehead atoms. The molecule has 0 aliphatic carbocycles. The molecule has 0 amide bonds. The van der Waals surface area contributed by atoms with Gasteiger partial charge < -0.3 is 10.2 Å². The highest BCUT2D eigenvalue weighted by Gasteiger charge is 2.15. The summed E-state index contributed by atoms with van der Waals surface area (Å²) in [5, 5.41) is 6.74. The van der Waals surface area contributed by atoms with Gasteiger partial charge in [-0.15, -0.1) is 0 Å². The van der Waals surface area contributed by atoms with Crippen LogP contribution in [-0.2, 0) is 4.43 Å². The van der Waals surface area contributed by atoms with Crippen LogP contribution in [0.1, 0.15) is 0 Å². The minimum atomic E-state index is -1.57. The summed E-state index contributed by atoms with van der Waals surface area (Å²) in [7, 11) is -1.57. The lowest BCUT2D eigenvalue weighted by molar-refractivity contribution is 0.538. The first-order chi connectivity index (χ1) is 3.42. The summed E-state index contributed by atoms with van der Waals surface area (Å²) in [5.74, 6) is 0. The molecule has 0 aliphatic rings. The Kier molecular flexibility index (Phi) is 2.03. The maximum atomic E-state index is 6.74. The minimum Gasteiger partial charge on any atom is -0.520 e. The van der Waals surface area contributed by atoms with Crippen LogP contribution in [0.5, 0.6) is 0 Å². The summed E-state index contributed by atoms with van der Waals surface area (Å²) in [6.45, 7) is 5.94. The van der Waals surface area contributed by atoms with Crippen LogP contribution in [0.25, 0.3) is 0 Å². The fraction of sp³-hybridized carbons (Fsp3) is 0.750. The lowest BCUT2D eigenvalue weighted by Gasteiger charge is -2.15. The van der Waals surface area contributed by atoms with Gasteiger partial charge in [0.15, 0.2) is 0 Å². The minimum absolute atomic E-state index is 0.163. The molecule has 3 nitrogen and oxygen atoms in total. The normalized spacial score (nSPS) is 10.9. The van der Waals surface area contributed by atoms with E-state index in [1.165, 1.54) is 0 Å². The maximum Gasteiger partial charge on any atom is 0.265 e. The average Bonchev–Trinajstić information content (AvgIpc) is 1.21. The molecule has 0 heterocycles. The van der Waals surface area contributed by atoms with Crippen molar-refractivity contribution in [2.45, 2.75) is 19.6 Å². The molecule has 4 heteroatoms. The lowest BCUT2D eigenvalue weighted by atomic mass is 11.3. The Morgan fingerprint density at radius 2 is 1.88 bits per heavy atom. The molecular weight excluding hydrogens is 120 g/mol. The zero-order valence-electron chi connectivity index (χ0n) is 5.49. The quantitative estimate of drug-likeness (QED) is 0.314. The Hall–Kier alpha value is -0.513. The third-order valence-corrected chi connectivity index (χ3v) is 1.25. The van der Waals surface area contributed by atoms with E-state index < -0.39 is 8.32 Å². The summed E-state index contributed by atoms with van der Waals surface area (Å²) in [6.07, 6.45) is 0. The second-order valence-electron chi connectivity index (χ2n) is 2.58. The first-order valence-corrected chi connectivity index (χ1v) is 5.86. The van der Waals surface area contributed by atoms with Crippen LogP contribution in [0.3, 0.4) is 0 Å². The van der Waals surface area contributed by atoms with Gasteiger partial charge in [-0.05, 0) is 19.6 Å². The first-order valence-electron chi connectivity index (χ1n) is 2.45. The van der Waals surface area contributed by atoms with Crippen LogP contribution in [-0.4, -0.2) is 14.3 Å². The van der Waals surface area contributed by atoms with Crippen LogP contribution in [0.15, 0.2) is 0 Å². The molecule has 0 unspecified atom stereocenters. The lowest BCUT2D eigenvalue weighted by Crippen LogP contribution is -2.32. The monoisotopic (exact) mass is 132 g/mol. The zero-order valence-corrected chi connectivity index (χ0v) is 6.49. The first kappa shape index (κ1) is 7.49. The van der Waals surface area contributed by atoms with Gasteiger partial charge >= 0.3 is 0 Å². The van der Waals surface area contributed by atoms with Crippen molar-refractivity contribution < 1.29 is 4.43 Å². The highest BCUT2D eigenvalue weighted by Crippen LogP contribution is 1.99. The molecule has 8 heavy (non-hydrogen) atoms. The van der Waals surface area contributed by atoms with E-state index in [9.17, 15) is 0 Å². The molecule has 0 fully saturated rings. The Morgan fingerprint density at radius 1 is 1.50 bits per heavy atom. The standard InChI is InChI=1S/C4H12N2OSi/c1-8(2,3)7-4(5)6/h1-3H3,(H3,5,6). The Balaban J connectivity index is 3.55. The van der Waals surface area contributed by atoms with Gasteiger partial charge in [-0.3, -0.25) is 5.41 Å². The van der Waals surface area contributed by atoms with Crippen LogP contribution in [0.2, 0.25) is 19.6 Å². The molecule has 3 N–H and O–H groups in total. The van der Waals surface area contributed by atoms with Crippen LogP contribution in [0.4, 0.5) is 0 Å². The van der Waals surface area contributed by atoms with Gasteiger partial charge in [0, 0.05) is 0 Å². The summed E-state index contributed by atoms with van der Waals surface area (Å²) in [4.78, 5) is 0. The Bertz CT molecular complexity index is 96.7. The number of hydrogen-bond donors (Lipinski definition) is 2. The molecule has 0 spiro atoms. The van der Waals surface area contributed by atoms with Crippen molar-refractivity contribution in [1.82, 2.24) is 0 Å². The van der Waals surface area contributed by atoms with E-state index in [4.69, 9.17) is 15.6 Å². The van der Waals surface area contributed by atoms with Crippen LogP contribution < -0.4 is 5.73 Å². The molecule has 0 aromatic rings. The number of nitrogens with two attached hydrogens (primary N) is 1. The molecule has 0 rings (SSSR count). The van der Waals surface area contributed by atoms with Crippen molar-refractivity contribution in [3.63, 3.8) is 0 Å². The van der Waals surface area contributed by atoms with Crippen molar-refractivity contribution in [3.8, 4) is 0 Å². The van der Waals surface area contributed by atoms with E-state index in [-0.39, 0.29) is 6.02 Å². The fourth-order valence-electron chi connectivity index (χ4n) is 0.330. The predicted molar refractivity (Wildman–Crippen MR) is 36.3 cm³/mol. The topological polar surface area (TPSA) is 59.1 Å². The third-order valence-electron chi connectivity index (χ3n) is 0.416. The average molecular weight is 132 g/mol. The zero-order chi connectivity index (χ0) is 6.78. The smallest absolute Gasteiger partial charge is 0.265 e. The molecule has 0 saturated heterocycles. The molecule has 0 radical (unpaired) electrons. The van der Waals surface area contributed by atoms with E-state index in [1.807, 2.05) is 19.6 Å². The Morgan fingerprint density at radius 3 is 1.88 bits per heavy atom. The summed E-state index contributed by atoms with van der Waals surface area (Å²) < 4.78 is 4.94. The fourth-order valence-corrected chi connectivity index (χ4v) is 0.990. The van der Waals surface area contributed by atoms with Crippen molar-refractivity contribution >= 4 is 14.3 Å². The van der Waals surface area contributed by atoms with E-state index in [2.05, 4.69) is 0 Å². The van der Waals surface area contributed by atoms with Crippen molar-refractivity contribution in [2.75, 3.05) is 0 Å². The van der Waals surface area contributed by atoms with Gasteiger partial charge in [0.25, 0.3) is 6.02 Å². The number of amidine groups is 1. The van der Waals surface area contributed by atoms with Gasteiger partial charge in [-0.25, -0.2) is 0 Å². The van der Waals surface area contributed by atoms with Crippen molar-refractivity contribution in [2.24, 2.45) is 5.73 Å². The van der Waals surface area contributed by atoms with E-state index in [0.717, 1.165) is 0 Å². The molecule has 0 atom stereocenters. The van der Waals surface area contributed by atoms with E-state index >= 15 is 0 Å². The predicted octanol–water partition coefficient (Wildman–Crippen LogP) is 0.731. The molecule has 0 aromatic carbocycles. The van der Waals surface area contributed by atoms with Crippen LogP contribution in [0, 0.1) is 5.41 Å². The van der Waals surface area contributed by atoms with Gasteiger partial charge in [-0.2, -0.15) is 0 Å². The number of rotatable bonds is 1. The largest absolute Gasteiger partial charge is 0.520 e. The second-order valence-corrected chi connectivity index (χ2v) is 7.01. The van der Waals surface area contributed by atoms with Gasteiger partial charge in [0.1, 0.15) is 0 Å². The summed E-state index contributed by atoms with van der Waals surface area (Å²) in [5.41, 5.74) is 4.97. The molecule has 0 aromatic heterocycles. The maximum absolute atomic E-state index is 6.74. The van der Waals surface area contributed by atoms with Crippen LogP contribution >= 0.6 is 0 Å². The number of hydrogen-bond acceptors (Lipinski definition) is 2. The summed E-state index contributed by atoms with van der Waals surface area (Å²) >= 11 is 0. The SMILES string of the molecule is C[Si](C)(C)OC(=N)N. The van der Waals surface area contributed by atoms with Crippen molar-refractivity contribution in [1.29, 1.82) is 5.41 Å². The Labute approximate surface area is 50.5 Å². The van der Waals surface area contributed by atoms with E-state index in [0.29, 0.717) is 0 Å². The molecule has 48 valence electrons. The van der Waals surface area contributed by atoms with Gasteiger partial charge in [-0.1, -0.05) is 0 Å². The van der Waals surface area contributed by atoms with E-state index in [1.54, 1.807) is 0 Å². The van der Waals surface area contributed by atoms with Gasteiger partial charge in [0.05, 0.1) is 0 Å². The molecule has 0 aliphatic heterocycles. The number of nitrogens with one attached hydrogen (secondary N) is 1. The van der Waals surface area contributed by atoms with Gasteiger partial charge in [0.2, 0.25) is 8.32 Å².